The topological polar surface area (TPSA) is 84.6 Å². The van der Waals surface area contributed by atoms with Crippen molar-refractivity contribution in [1.82, 2.24) is 5.32 Å². The lowest BCUT2D eigenvalue weighted by Gasteiger charge is -2.29. The molecular formula is C13H20N2O3. The van der Waals surface area contributed by atoms with Crippen LogP contribution in [-0.2, 0) is 0 Å². The zero-order valence-corrected chi connectivity index (χ0v) is 11.2. The molecule has 5 nitrogen and oxygen atoms in total. The molecule has 0 saturated heterocycles. The Morgan fingerprint density at radius 2 is 2.11 bits per heavy atom. The highest BCUT2D eigenvalue weighted by molar-refractivity contribution is 5.95. The molecule has 1 atom stereocenters. The average Bonchev–Trinajstić information content (AvgIpc) is 2.28. The number of nitrogens with one attached hydrogen (secondary N) is 1. The number of rotatable bonds is 4. The van der Waals surface area contributed by atoms with Crippen molar-refractivity contribution in [3.8, 4) is 5.75 Å². The Morgan fingerprint density at radius 1 is 1.50 bits per heavy atom. The Hall–Kier alpha value is -1.75. The molecule has 4 N–H and O–H groups in total. The molecule has 5 heteroatoms. The minimum atomic E-state index is -0.703. The van der Waals surface area contributed by atoms with E-state index in [1.807, 2.05) is 0 Å². The highest BCUT2D eigenvalue weighted by atomic mass is 16.5. The molecule has 0 heterocycles. The number of benzene rings is 1. The maximum Gasteiger partial charge on any atom is 0.251 e. The van der Waals surface area contributed by atoms with Crippen LogP contribution in [-0.4, -0.2) is 29.8 Å². The van der Waals surface area contributed by atoms with Crippen molar-refractivity contribution in [3.63, 3.8) is 0 Å². The first-order valence-electron chi connectivity index (χ1n) is 5.72. The van der Waals surface area contributed by atoms with E-state index in [9.17, 15) is 9.90 Å². The first-order valence-corrected chi connectivity index (χ1v) is 5.72. The molecule has 0 aromatic heterocycles. The molecule has 18 heavy (non-hydrogen) atoms. The average molecular weight is 252 g/mol. The minimum Gasteiger partial charge on any atom is -0.495 e. The molecule has 100 valence electrons. The molecule has 1 aromatic rings. The zero-order chi connectivity index (χ0) is 13.9. The van der Waals surface area contributed by atoms with Crippen LogP contribution in [0.1, 0.15) is 31.1 Å². The van der Waals surface area contributed by atoms with Gasteiger partial charge < -0.3 is 20.9 Å². The van der Waals surface area contributed by atoms with E-state index in [0.29, 0.717) is 17.0 Å². The number of amides is 1. The smallest absolute Gasteiger partial charge is 0.251 e. The van der Waals surface area contributed by atoms with Crippen molar-refractivity contribution < 1.29 is 14.6 Å². The molecule has 1 rings (SSSR count). The molecule has 0 aliphatic carbocycles. The Morgan fingerprint density at radius 3 is 2.61 bits per heavy atom. The number of nitrogen functional groups attached to an aromatic ring is 1. The lowest BCUT2D eigenvalue weighted by molar-refractivity contribution is 0.0709. The first kappa shape index (κ1) is 14.3. The molecule has 0 aliphatic heterocycles. The lowest BCUT2D eigenvalue weighted by atomic mass is 9.98. The van der Waals surface area contributed by atoms with Gasteiger partial charge in [0.05, 0.1) is 24.4 Å². The van der Waals surface area contributed by atoms with Crippen LogP contribution in [0, 0.1) is 0 Å². The maximum absolute atomic E-state index is 12.0. The number of hydrogen-bond acceptors (Lipinski definition) is 4. The molecule has 0 fully saturated rings. The molecule has 0 aliphatic rings. The van der Waals surface area contributed by atoms with Crippen molar-refractivity contribution in [2.75, 3.05) is 12.8 Å². The van der Waals surface area contributed by atoms with E-state index in [1.54, 1.807) is 39.0 Å². The van der Waals surface area contributed by atoms with Gasteiger partial charge in [0.15, 0.2) is 0 Å². The molecule has 0 spiro atoms. The van der Waals surface area contributed by atoms with Crippen LogP contribution >= 0.6 is 0 Å². The fraction of sp³-hybridized carbons (Fsp3) is 0.462. The molecule has 1 aromatic carbocycles. The molecule has 1 unspecified atom stereocenters. The van der Waals surface area contributed by atoms with E-state index in [0.717, 1.165) is 0 Å². The van der Waals surface area contributed by atoms with Crippen LogP contribution in [0.4, 0.5) is 5.69 Å². The predicted octanol–water partition coefficient (Wildman–Crippen LogP) is 1.17. The Labute approximate surface area is 107 Å². The minimum absolute atomic E-state index is 0.279. The second-order valence-electron chi connectivity index (χ2n) is 4.81. The van der Waals surface area contributed by atoms with Crippen LogP contribution in [0.5, 0.6) is 5.75 Å². The van der Waals surface area contributed by atoms with E-state index >= 15 is 0 Å². The molecule has 0 bridgehead atoms. The Kier molecular flexibility index (Phi) is 4.19. The second kappa shape index (κ2) is 5.27. The largest absolute Gasteiger partial charge is 0.495 e. The summed E-state index contributed by atoms with van der Waals surface area (Å²) in [5.41, 5.74) is 5.89. The van der Waals surface area contributed by atoms with Gasteiger partial charge in [-0.1, -0.05) is 0 Å². The number of nitrogens with two attached hydrogens (primary N) is 1. The number of ether oxygens (including phenoxy) is 1. The lowest BCUT2D eigenvalue weighted by Crippen LogP contribution is -2.50. The number of anilines is 1. The van der Waals surface area contributed by atoms with Gasteiger partial charge in [0.2, 0.25) is 0 Å². The molecular weight excluding hydrogens is 232 g/mol. The SMILES string of the molecule is COc1cc(C(=O)NC(C)(C)C(C)O)ccc1N. The summed E-state index contributed by atoms with van der Waals surface area (Å²) in [5.74, 6) is 0.178. The summed E-state index contributed by atoms with van der Waals surface area (Å²) in [6.45, 7) is 5.14. The predicted molar refractivity (Wildman–Crippen MR) is 70.6 cm³/mol. The quantitative estimate of drug-likeness (QED) is 0.702. The highest BCUT2D eigenvalue weighted by Gasteiger charge is 2.26. The number of carbonyl (C=O) groups is 1. The Bertz CT molecular complexity index is 442. The van der Waals surface area contributed by atoms with E-state index in [-0.39, 0.29) is 5.91 Å². The normalized spacial score (nSPS) is 12.9. The van der Waals surface area contributed by atoms with Gasteiger partial charge in [-0.3, -0.25) is 4.79 Å². The van der Waals surface area contributed by atoms with E-state index < -0.39 is 11.6 Å². The zero-order valence-electron chi connectivity index (χ0n) is 11.2. The third kappa shape index (κ3) is 3.13. The van der Waals surface area contributed by atoms with Crippen LogP contribution in [0.25, 0.3) is 0 Å². The fourth-order valence-electron chi connectivity index (χ4n) is 1.32. The third-order valence-electron chi connectivity index (χ3n) is 2.98. The van der Waals surface area contributed by atoms with Gasteiger partial charge in [-0.05, 0) is 39.0 Å². The van der Waals surface area contributed by atoms with Gasteiger partial charge >= 0.3 is 0 Å². The van der Waals surface area contributed by atoms with Crippen LogP contribution < -0.4 is 15.8 Å². The second-order valence-corrected chi connectivity index (χ2v) is 4.81. The van der Waals surface area contributed by atoms with Gasteiger partial charge in [0.1, 0.15) is 5.75 Å². The van der Waals surface area contributed by atoms with Crippen LogP contribution in [0.3, 0.4) is 0 Å². The van der Waals surface area contributed by atoms with E-state index in [2.05, 4.69) is 5.32 Å². The molecule has 0 saturated carbocycles. The van der Waals surface area contributed by atoms with Crippen molar-refractivity contribution in [2.24, 2.45) is 0 Å². The standard InChI is InChI=1S/C13H20N2O3/c1-8(16)13(2,3)15-12(17)9-5-6-10(14)11(7-9)18-4/h5-8,16H,14H2,1-4H3,(H,15,17). The maximum atomic E-state index is 12.0. The number of aliphatic hydroxyl groups excluding tert-OH is 1. The summed E-state index contributed by atoms with van der Waals surface area (Å²) in [6.07, 6.45) is -0.655. The van der Waals surface area contributed by atoms with Gasteiger partial charge in [-0.15, -0.1) is 0 Å². The summed E-state index contributed by atoms with van der Waals surface area (Å²) < 4.78 is 5.06. The van der Waals surface area contributed by atoms with Crippen molar-refractivity contribution in [2.45, 2.75) is 32.4 Å². The summed E-state index contributed by atoms with van der Waals surface area (Å²) in [7, 11) is 1.49. The summed E-state index contributed by atoms with van der Waals surface area (Å²) >= 11 is 0. The summed E-state index contributed by atoms with van der Waals surface area (Å²) in [4.78, 5) is 12.0. The molecule has 0 radical (unpaired) electrons. The number of aliphatic hydroxyl groups is 1. The van der Waals surface area contributed by atoms with Crippen LogP contribution in [0.15, 0.2) is 18.2 Å². The Balaban J connectivity index is 2.92. The van der Waals surface area contributed by atoms with Gasteiger partial charge in [-0.25, -0.2) is 0 Å². The van der Waals surface area contributed by atoms with Gasteiger partial charge in [-0.2, -0.15) is 0 Å². The van der Waals surface area contributed by atoms with Crippen molar-refractivity contribution in [1.29, 1.82) is 0 Å². The monoisotopic (exact) mass is 252 g/mol. The third-order valence-corrected chi connectivity index (χ3v) is 2.98. The van der Waals surface area contributed by atoms with Gasteiger partial charge in [0, 0.05) is 5.56 Å². The summed E-state index contributed by atoms with van der Waals surface area (Å²) in [6, 6.07) is 4.80. The fourth-order valence-corrected chi connectivity index (χ4v) is 1.32. The highest BCUT2D eigenvalue weighted by Crippen LogP contribution is 2.22. The van der Waals surface area contributed by atoms with Crippen LogP contribution in [0.2, 0.25) is 0 Å². The van der Waals surface area contributed by atoms with E-state index in [1.165, 1.54) is 7.11 Å². The van der Waals surface area contributed by atoms with Gasteiger partial charge in [0.25, 0.3) is 5.91 Å². The first-order chi connectivity index (χ1) is 8.27. The number of methoxy groups -OCH3 is 1. The molecule has 1 amide bonds. The number of carbonyl (C=O) groups excluding carboxylic acids is 1. The summed E-state index contributed by atoms with van der Waals surface area (Å²) in [5, 5.41) is 12.3. The van der Waals surface area contributed by atoms with E-state index in [4.69, 9.17) is 10.5 Å². The van der Waals surface area contributed by atoms with Crippen molar-refractivity contribution >= 4 is 11.6 Å². The van der Waals surface area contributed by atoms with Crippen molar-refractivity contribution in [3.05, 3.63) is 23.8 Å². The number of hydrogen-bond donors (Lipinski definition) is 3.